The first kappa shape index (κ1) is 17.2. The average molecular weight is 300 g/mol. The molecule has 0 radical (unpaired) electrons. The van der Waals surface area contributed by atoms with Crippen molar-refractivity contribution in [3.05, 3.63) is 0 Å². The van der Waals surface area contributed by atoms with E-state index in [9.17, 15) is 14.4 Å². The van der Waals surface area contributed by atoms with Crippen LogP contribution in [-0.4, -0.2) is 78.6 Å². The third kappa shape index (κ3) is 6.94. The first-order valence-electron chi connectivity index (χ1n) is 7.12. The fourth-order valence-corrected chi connectivity index (χ4v) is 1.95. The standard InChI is InChI=1S/C13H24N4O4/c1-10(2)7-14-11(18)8-15-13(21)17-5-3-16(4-6-17)9-12(19)20/h10H,3-9H2,1-2H3,(H,14,18)(H,15,21)(H,19,20). The average Bonchev–Trinajstić information content (AvgIpc) is 2.42. The molecule has 0 atom stereocenters. The monoisotopic (exact) mass is 300 g/mol. The van der Waals surface area contributed by atoms with Gasteiger partial charge in [0.05, 0.1) is 13.1 Å². The summed E-state index contributed by atoms with van der Waals surface area (Å²) < 4.78 is 0. The molecule has 0 spiro atoms. The highest BCUT2D eigenvalue weighted by Crippen LogP contribution is 2.01. The van der Waals surface area contributed by atoms with Gasteiger partial charge in [0.15, 0.2) is 0 Å². The fraction of sp³-hybridized carbons (Fsp3) is 0.769. The number of piperazine rings is 1. The van der Waals surface area contributed by atoms with Crippen LogP contribution in [0.4, 0.5) is 4.79 Å². The number of carbonyl (C=O) groups is 3. The van der Waals surface area contributed by atoms with E-state index in [4.69, 9.17) is 5.11 Å². The van der Waals surface area contributed by atoms with Crippen LogP contribution in [0, 0.1) is 5.92 Å². The summed E-state index contributed by atoms with van der Waals surface area (Å²) in [5.74, 6) is -0.705. The molecule has 0 aromatic carbocycles. The molecule has 1 fully saturated rings. The van der Waals surface area contributed by atoms with E-state index >= 15 is 0 Å². The van der Waals surface area contributed by atoms with Crippen LogP contribution in [0.15, 0.2) is 0 Å². The second-order valence-corrected chi connectivity index (χ2v) is 5.51. The topological polar surface area (TPSA) is 102 Å². The molecule has 1 aliphatic rings. The summed E-state index contributed by atoms with van der Waals surface area (Å²) in [5.41, 5.74) is 0. The van der Waals surface area contributed by atoms with E-state index in [2.05, 4.69) is 10.6 Å². The number of rotatable bonds is 6. The van der Waals surface area contributed by atoms with Crippen molar-refractivity contribution in [2.75, 3.05) is 45.8 Å². The van der Waals surface area contributed by atoms with Crippen molar-refractivity contribution in [2.45, 2.75) is 13.8 Å². The summed E-state index contributed by atoms with van der Waals surface area (Å²) in [6.07, 6.45) is 0. The van der Waals surface area contributed by atoms with Gasteiger partial charge in [-0.2, -0.15) is 0 Å². The van der Waals surface area contributed by atoms with Crippen LogP contribution < -0.4 is 10.6 Å². The number of aliphatic carboxylic acids is 1. The van der Waals surface area contributed by atoms with Gasteiger partial charge in [-0.1, -0.05) is 13.8 Å². The molecule has 0 aliphatic carbocycles. The van der Waals surface area contributed by atoms with Gasteiger partial charge in [-0.05, 0) is 5.92 Å². The van der Waals surface area contributed by atoms with Gasteiger partial charge in [-0.25, -0.2) is 4.79 Å². The highest BCUT2D eigenvalue weighted by atomic mass is 16.4. The zero-order valence-corrected chi connectivity index (χ0v) is 12.6. The van der Waals surface area contributed by atoms with Crippen molar-refractivity contribution in [1.29, 1.82) is 0 Å². The van der Waals surface area contributed by atoms with Crippen molar-refractivity contribution in [2.24, 2.45) is 5.92 Å². The van der Waals surface area contributed by atoms with Gasteiger partial charge >= 0.3 is 12.0 Å². The molecule has 1 heterocycles. The summed E-state index contributed by atoms with van der Waals surface area (Å²) in [4.78, 5) is 37.3. The second-order valence-electron chi connectivity index (χ2n) is 5.51. The Balaban J connectivity index is 2.22. The molecule has 1 aliphatic heterocycles. The van der Waals surface area contributed by atoms with Crippen molar-refractivity contribution in [1.82, 2.24) is 20.4 Å². The van der Waals surface area contributed by atoms with Gasteiger partial charge in [-0.3, -0.25) is 14.5 Å². The van der Waals surface area contributed by atoms with E-state index in [-0.39, 0.29) is 25.0 Å². The number of carboxylic acid groups (broad SMARTS) is 1. The number of carbonyl (C=O) groups excluding carboxylic acids is 2. The van der Waals surface area contributed by atoms with Crippen LogP contribution in [-0.2, 0) is 9.59 Å². The van der Waals surface area contributed by atoms with E-state index in [1.54, 1.807) is 9.80 Å². The Hall–Kier alpha value is -1.83. The Bertz CT molecular complexity index is 378. The van der Waals surface area contributed by atoms with E-state index < -0.39 is 5.97 Å². The van der Waals surface area contributed by atoms with Crippen molar-refractivity contribution < 1.29 is 19.5 Å². The smallest absolute Gasteiger partial charge is 0.317 e. The van der Waals surface area contributed by atoms with Crippen LogP contribution >= 0.6 is 0 Å². The quantitative estimate of drug-likeness (QED) is 0.594. The third-order valence-electron chi connectivity index (χ3n) is 3.13. The maximum Gasteiger partial charge on any atom is 0.317 e. The molecule has 0 saturated carbocycles. The maximum absolute atomic E-state index is 11.9. The molecular weight excluding hydrogens is 276 g/mol. The number of amides is 3. The van der Waals surface area contributed by atoms with E-state index in [0.717, 1.165) is 0 Å². The minimum Gasteiger partial charge on any atom is -0.480 e. The lowest BCUT2D eigenvalue weighted by Gasteiger charge is -2.33. The molecule has 1 saturated heterocycles. The molecule has 0 aromatic rings. The number of carboxylic acids is 1. The van der Waals surface area contributed by atoms with Crippen LogP contribution in [0.5, 0.6) is 0 Å². The number of hydrogen-bond donors (Lipinski definition) is 3. The van der Waals surface area contributed by atoms with Crippen LogP contribution in [0.2, 0.25) is 0 Å². The molecular formula is C13H24N4O4. The Labute approximate surface area is 124 Å². The normalized spacial score (nSPS) is 15.9. The summed E-state index contributed by atoms with van der Waals surface area (Å²) >= 11 is 0. The minimum atomic E-state index is -0.866. The molecule has 0 bridgehead atoms. The first-order valence-corrected chi connectivity index (χ1v) is 7.12. The SMILES string of the molecule is CC(C)CNC(=O)CNC(=O)N1CCN(CC(=O)O)CC1. The summed E-state index contributed by atoms with van der Waals surface area (Å²) in [7, 11) is 0. The zero-order valence-electron chi connectivity index (χ0n) is 12.6. The number of hydrogen-bond acceptors (Lipinski definition) is 4. The summed E-state index contributed by atoms with van der Waals surface area (Å²) in [6.45, 7) is 6.51. The Kier molecular flexibility index (Phi) is 6.93. The zero-order chi connectivity index (χ0) is 15.8. The largest absolute Gasteiger partial charge is 0.480 e. The predicted molar refractivity (Wildman–Crippen MR) is 76.9 cm³/mol. The molecule has 8 nitrogen and oxygen atoms in total. The fourth-order valence-electron chi connectivity index (χ4n) is 1.95. The predicted octanol–water partition coefficient (Wildman–Crippen LogP) is -0.830. The minimum absolute atomic E-state index is 0.00688. The first-order chi connectivity index (χ1) is 9.88. The van der Waals surface area contributed by atoms with Crippen molar-refractivity contribution >= 4 is 17.9 Å². The Morgan fingerprint density at radius 2 is 1.71 bits per heavy atom. The molecule has 21 heavy (non-hydrogen) atoms. The highest BCUT2D eigenvalue weighted by Gasteiger charge is 2.22. The van der Waals surface area contributed by atoms with Gasteiger partial charge in [0.1, 0.15) is 0 Å². The van der Waals surface area contributed by atoms with Crippen molar-refractivity contribution in [3.63, 3.8) is 0 Å². The molecule has 0 aromatic heterocycles. The highest BCUT2D eigenvalue weighted by molar-refractivity contribution is 5.84. The summed E-state index contributed by atoms with van der Waals surface area (Å²) in [5, 5.41) is 14.0. The van der Waals surface area contributed by atoms with E-state index in [1.807, 2.05) is 13.8 Å². The lowest BCUT2D eigenvalue weighted by molar-refractivity contribution is -0.138. The van der Waals surface area contributed by atoms with Crippen LogP contribution in [0.3, 0.4) is 0 Å². The lowest BCUT2D eigenvalue weighted by Crippen LogP contribution is -2.53. The van der Waals surface area contributed by atoms with Crippen LogP contribution in [0.1, 0.15) is 13.8 Å². The maximum atomic E-state index is 11.9. The molecule has 1 rings (SSSR count). The Morgan fingerprint density at radius 1 is 1.10 bits per heavy atom. The van der Waals surface area contributed by atoms with Gasteiger partial charge in [0, 0.05) is 32.7 Å². The third-order valence-corrected chi connectivity index (χ3v) is 3.13. The molecule has 120 valence electrons. The molecule has 3 N–H and O–H groups in total. The molecule has 0 unspecified atom stereocenters. The Morgan fingerprint density at radius 3 is 2.24 bits per heavy atom. The second kappa shape index (κ2) is 8.46. The summed E-state index contributed by atoms with van der Waals surface area (Å²) in [6, 6.07) is -0.287. The number of nitrogens with zero attached hydrogens (tertiary/aromatic N) is 2. The number of urea groups is 1. The lowest BCUT2D eigenvalue weighted by atomic mass is 10.2. The van der Waals surface area contributed by atoms with E-state index in [0.29, 0.717) is 38.6 Å². The van der Waals surface area contributed by atoms with Crippen molar-refractivity contribution in [3.8, 4) is 0 Å². The van der Waals surface area contributed by atoms with Gasteiger partial charge in [0.25, 0.3) is 0 Å². The van der Waals surface area contributed by atoms with E-state index in [1.165, 1.54) is 0 Å². The number of nitrogens with one attached hydrogen (secondary N) is 2. The van der Waals surface area contributed by atoms with Gasteiger partial charge in [-0.15, -0.1) is 0 Å². The molecule has 8 heteroatoms. The van der Waals surface area contributed by atoms with Crippen LogP contribution in [0.25, 0.3) is 0 Å². The molecule has 3 amide bonds. The van der Waals surface area contributed by atoms with Gasteiger partial charge < -0.3 is 20.6 Å². The van der Waals surface area contributed by atoms with Gasteiger partial charge in [0.2, 0.25) is 5.91 Å².